The summed E-state index contributed by atoms with van der Waals surface area (Å²) in [6.07, 6.45) is 0. The molecule has 1 aromatic heterocycles. The van der Waals surface area contributed by atoms with Crippen molar-refractivity contribution in [2.75, 3.05) is 31.6 Å². The molecule has 1 N–H and O–H groups in total. The summed E-state index contributed by atoms with van der Waals surface area (Å²) < 4.78 is 0.898. The molecule has 3 heterocycles. The van der Waals surface area contributed by atoms with Gasteiger partial charge in [-0.1, -0.05) is 53.5 Å². The summed E-state index contributed by atoms with van der Waals surface area (Å²) in [5.41, 5.74) is 7.70. The van der Waals surface area contributed by atoms with Crippen LogP contribution in [-0.4, -0.2) is 63.7 Å². The zero-order valence-corrected chi connectivity index (χ0v) is 23.7. The van der Waals surface area contributed by atoms with E-state index in [1.165, 1.54) is 0 Å². The Hall–Kier alpha value is -3.30. The third-order valence-electron chi connectivity index (χ3n) is 7.72. The van der Waals surface area contributed by atoms with Gasteiger partial charge in [0.25, 0.3) is 17.7 Å². The molecule has 9 heteroatoms. The SMILES string of the molecule is Cc1ccc(C(=O)N2CCN(Cc3cc(NN4C(=O)C(C)C(C)C4=O)nc4cc(Br)ccc34)CC2)c(C)c1. The van der Waals surface area contributed by atoms with Crippen LogP contribution in [-0.2, 0) is 16.1 Å². The van der Waals surface area contributed by atoms with Gasteiger partial charge in [0.15, 0.2) is 0 Å². The van der Waals surface area contributed by atoms with Crippen LogP contribution >= 0.6 is 15.9 Å². The summed E-state index contributed by atoms with van der Waals surface area (Å²) in [5, 5.41) is 2.11. The van der Waals surface area contributed by atoms with Crippen LogP contribution < -0.4 is 5.43 Å². The van der Waals surface area contributed by atoms with Gasteiger partial charge in [0.05, 0.1) is 5.52 Å². The van der Waals surface area contributed by atoms with Gasteiger partial charge in [-0.15, -0.1) is 0 Å². The number of piperazine rings is 1. The first-order valence-corrected chi connectivity index (χ1v) is 13.7. The van der Waals surface area contributed by atoms with Crippen LogP contribution in [0.5, 0.6) is 0 Å². The molecule has 0 aliphatic carbocycles. The van der Waals surface area contributed by atoms with Crippen LogP contribution in [0, 0.1) is 25.7 Å². The van der Waals surface area contributed by atoms with E-state index < -0.39 is 0 Å². The lowest BCUT2D eigenvalue weighted by Gasteiger charge is -2.35. The van der Waals surface area contributed by atoms with Crippen LogP contribution in [0.4, 0.5) is 5.82 Å². The van der Waals surface area contributed by atoms with Gasteiger partial charge >= 0.3 is 0 Å². The highest BCUT2D eigenvalue weighted by Gasteiger charge is 2.43. The molecule has 0 saturated carbocycles. The second-order valence-corrected chi connectivity index (χ2v) is 11.3. The summed E-state index contributed by atoms with van der Waals surface area (Å²) in [5.74, 6) is -0.693. The van der Waals surface area contributed by atoms with Crippen molar-refractivity contribution in [1.29, 1.82) is 0 Å². The van der Waals surface area contributed by atoms with E-state index in [0.717, 1.165) is 55.7 Å². The highest BCUT2D eigenvalue weighted by molar-refractivity contribution is 9.10. The highest BCUT2D eigenvalue weighted by Crippen LogP contribution is 2.29. The van der Waals surface area contributed by atoms with E-state index in [2.05, 4.69) is 26.3 Å². The maximum Gasteiger partial charge on any atom is 0.254 e. The Labute approximate surface area is 231 Å². The Morgan fingerprint density at radius 3 is 2.32 bits per heavy atom. The second-order valence-electron chi connectivity index (χ2n) is 10.4. The van der Waals surface area contributed by atoms with Crippen LogP contribution in [0.15, 0.2) is 46.9 Å². The molecule has 3 aromatic rings. The fraction of sp³-hybridized carbons (Fsp3) is 0.379. The molecular weight excluding hydrogens is 546 g/mol. The van der Waals surface area contributed by atoms with Crippen molar-refractivity contribution in [3.05, 3.63) is 69.2 Å². The number of carbonyl (C=O) groups is 3. The first-order valence-electron chi connectivity index (χ1n) is 12.9. The molecule has 198 valence electrons. The summed E-state index contributed by atoms with van der Waals surface area (Å²) in [6.45, 7) is 11.0. The van der Waals surface area contributed by atoms with Crippen molar-refractivity contribution in [1.82, 2.24) is 19.8 Å². The Balaban J connectivity index is 1.33. The van der Waals surface area contributed by atoms with E-state index in [9.17, 15) is 14.4 Å². The number of anilines is 1. The number of fused-ring (bicyclic) bond motifs is 1. The van der Waals surface area contributed by atoms with Gasteiger partial charge in [0.2, 0.25) is 0 Å². The lowest BCUT2D eigenvalue weighted by Crippen LogP contribution is -2.48. The number of hydrogen-bond acceptors (Lipinski definition) is 6. The number of carbonyl (C=O) groups excluding carboxylic acids is 3. The first-order chi connectivity index (χ1) is 18.1. The van der Waals surface area contributed by atoms with Gasteiger partial charge in [-0.05, 0) is 49.2 Å². The third kappa shape index (κ3) is 5.05. The lowest BCUT2D eigenvalue weighted by atomic mass is 10.00. The van der Waals surface area contributed by atoms with E-state index in [-0.39, 0.29) is 29.6 Å². The number of aromatic nitrogens is 1. The number of halogens is 1. The molecule has 0 radical (unpaired) electrons. The van der Waals surface area contributed by atoms with Gasteiger partial charge in [-0.3, -0.25) is 24.7 Å². The van der Waals surface area contributed by atoms with Gasteiger partial charge < -0.3 is 4.90 Å². The molecule has 2 aliphatic rings. The normalized spacial score (nSPS) is 20.4. The zero-order valence-electron chi connectivity index (χ0n) is 22.1. The fourth-order valence-corrected chi connectivity index (χ4v) is 5.55. The molecule has 2 atom stereocenters. The van der Waals surface area contributed by atoms with Crippen molar-refractivity contribution in [2.45, 2.75) is 34.2 Å². The summed E-state index contributed by atoms with van der Waals surface area (Å²) >= 11 is 3.52. The number of pyridine rings is 1. The van der Waals surface area contributed by atoms with Gasteiger partial charge in [-0.25, -0.2) is 4.98 Å². The van der Waals surface area contributed by atoms with Crippen molar-refractivity contribution >= 4 is 50.4 Å². The molecular formula is C29H32BrN5O3. The number of rotatable bonds is 5. The number of imide groups is 1. The minimum Gasteiger partial charge on any atom is -0.336 e. The molecule has 0 bridgehead atoms. The topological polar surface area (TPSA) is 85.9 Å². The average Bonchev–Trinajstić information content (AvgIpc) is 3.06. The first kappa shape index (κ1) is 26.3. The number of aryl methyl sites for hydroxylation is 2. The predicted molar refractivity (Wildman–Crippen MR) is 150 cm³/mol. The Bertz CT molecular complexity index is 1410. The maximum absolute atomic E-state index is 13.1. The van der Waals surface area contributed by atoms with Crippen molar-refractivity contribution in [2.24, 2.45) is 11.8 Å². The van der Waals surface area contributed by atoms with Gasteiger partial charge in [0.1, 0.15) is 5.82 Å². The quantitative estimate of drug-likeness (QED) is 0.448. The predicted octanol–water partition coefficient (Wildman–Crippen LogP) is 4.54. The van der Waals surface area contributed by atoms with Gasteiger partial charge in [-0.2, -0.15) is 5.01 Å². The zero-order chi connectivity index (χ0) is 27.1. The molecule has 5 rings (SSSR count). The number of benzene rings is 2. The Kier molecular flexibility index (Phi) is 7.24. The molecule has 0 spiro atoms. The second kappa shape index (κ2) is 10.5. The van der Waals surface area contributed by atoms with E-state index in [0.29, 0.717) is 25.5 Å². The van der Waals surface area contributed by atoms with E-state index in [1.807, 2.05) is 61.2 Å². The molecule has 3 amide bonds. The third-order valence-corrected chi connectivity index (χ3v) is 8.21. The van der Waals surface area contributed by atoms with Crippen molar-refractivity contribution in [3.8, 4) is 0 Å². The number of amides is 3. The smallest absolute Gasteiger partial charge is 0.254 e. The number of nitrogens with zero attached hydrogens (tertiary/aromatic N) is 4. The fourth-order valence-electron chi connectivity index (χ4n) is 5.20. The minimum absolute atomic E-state index is 0.0799. The maximum atomic E-state index is 13.1. The van der Waals surface area contributed by atoms with Crippen molar-refractivity contribution < 1.29 is 14.4 Å². The molecule has 2 unspecified atom stereocenters. The molecule has 8 nitrogen and oxygen atoms in total. The number of hydrogen-bond donors (Lipinski definition) is 1. The molecule has 2 saturated heterocycles. The van der Waals surface area contributed by atoms with Crippen LogP contribution in [0.3, 0.4) is 0 Å². The number of nitrogens with one attached hydrogen (secondary N) is 1. The van der Waals surface area contributed by atoms with E-state index in [4.69, 9.17) is 4.98 Å². The minimum atomic E-state index is -0.369. The Morgan fingerprint density at radius 1 is 0.974 bits per heavy atom. The van der Waals surface area contributed by atoms with Crippen LogP contribution in [0.25, 0.3) is 10.9 Å². The molecule has 2 aliphatic heterocycles. The Morgan fingerprint density at radius 2 is 1.66 bits per heavy atom. The lowest BCUT2D eigenvalue weighted by molar-refractivity contribution is -0.138. The van der Waals surface area contributed by atoms with Crippen LogP contribution in [0.1, 0.15) is 40.9 Å². The van der Waals surface area contributed by atoms with Crippen LogP contribution in [0.2, 0.25) is 0 Å². The van der Waals surface area contributed by atoms with Gasteiger partial charge in [0, 0.05) is 60.0 Å². The van der Waals surface area contributed by atoms with E-state index in [1.54, 1.807) is 13.8 Å². The largest absolute Gasteiger partial charge is 0.336 e. The highest BCUT2D eigenvalue weighted by atomic mass is 79.9. The summed E-state index contributed by atoms with van der Waals surface area (Å²) in [7, 11) is 0. The summed E-state index contributed by atoms with van der Waals surface area (Å²) in [6, 6.07) is 13.8. The number of hydrazine groups is 1. The molecule has 2 fully saturated rings. The van der Waals surface area contributed by atoms with Crippen molar-refractivity contribution in [3.63, 3.8) is 0 Å². The molecule has 38 heavy (non-hydrogen) atoms. The molecule has 2 aromatic carbocycles. The monoisotopic (exact) mass is 577 g/mol. The summed E-state index contributed by atoms with van der Waals surface area (Å²) in [4.78, 5) is 47.4. The average molecular weight is 579 g/mol. The standard InChI is InChI=1S/C29H32BrN5O3/c1-17-5-7-23(18(2)13-17)29(38)34-11-9-33(10-12-34)16-21-14-26(31-25-15-22(30)6-8-24(21)25)32-35-27(36)19(3)20(4)28(35)37/h5-8,13-15,19-20H,9-12,16H2,1-4H3,(H,31,32). The van der Waals surface area contributed by atoms with E-state index >= 15 is 0 Å².